The van der Waals surface area contributed by atoms with Gasteiger partial charge in [0.2, 0.25) is 0 Å². The number of imidazole rings is 1. The van der Waals surface area contributed by atoms with Gasteiger partial charge in [0.15, 0.2) is 5.82 Å². The van der Waals surface area contributed by atoms with Gasteiger partial charge in [-0.3, -0.25) is 0 Å². The molecule has 0 bridgehead atoms. The number of hydrogen-bond donors (Lipinski definition) is 1. The molecule has 4 rings (SSSR count). The van der Waals surface area contributed by atoms with Crippen LogP contribution in [0.5, 0.6) is 0 Å². The Morgan fingerprint density at radius 3 is 2.73 bits per heavy atom. The number of H-pyrrole nitrogens is 1. The molecule has 10 heteroatoms. The van der Waals surface area contributed by atoms with Gasteiger partial charge in [-0.25, -0.2) is 10.1 Å². The highest BCUT2D eigenvalue weighted by Gasteiger charge is 2.33. The van der Waals surface area contributed by atoms with Gasteiger partial charge in [0.05, 0.1) is 17.5 Å². The van der Waals surface area contributed by atoms with Crippen molar-refractivity contribution >= 4 is 23.0 Å². The SMILES string of the molecule is CCCCc1ncc(/C=C(\Cc2cccs2)c2nnn[nH]2)n1Cc1ccccc1C(F)(F)F. The van der Waals surface area contributed by atoms with Crippen LogP contribution < -0.4 is 0 Å². The van der Waals surface area contributed by atoms with Crippen molar-refractivity contribution in [3.8, 4) is 0 Å². The van der Waals surface area contributed by atoms with Gasteiger partial charge < -0.3 is 4.57 Å². The molecule has 0 aliphatic carbocycles. The zero-order valence-electron chi connectivity index (χ0n) is 18.0. The molecule has 0 unspecified atom stereocenters. The lowest BCUT2D eigenvalue weighted by Gasteiger charge is -2.16. The van der Waals surface area contributed by atoms with Crippen LogP contribution in [0.1, 0.15) is 53.1 Å². The standard InChI is InChI=1S/C23H23F3N6S/c1-2-3-10-21-27-14-18(32(21)15-16-7-4-5-9-20(16)23(24,25)26)12-17(22-28-30-31-29-22)13-19-8-6-11-33-19/h4-9,11-12,14H,2-3,10,13,15H2,1H3,(H,28,29,30,31)/b17-12+. The molecule has 0 saturated carbocycles. The van der Waals surface area contributed by atoms with Crippen molar-refractivity contribution in [2.45, 2.75) is 45.3 Å². The molecule has 0 saturated heterocycles. The number of rotatable bonds is 9. The second-order valence-electron chi connectivity index (χ2n) is 7.62. The van der Waals surface area contributed by atoms with Crippen molar-refractivity contribution in [1.82, 2.24) is 30.2 Å². The predicted molar refractivity (Wildman–Crippen MR) is 121 cm³/mol. The maximum absolute atomic E-state index is 13.6. The number of hydrogen-bond acceptors (Lipinski definition) is 5. The Labute approximate surface area is 193 Å². The van der Waals surface area contributed by atoms with E-state index in [4.69, 9.17) is 0 Å². The summed E-state index contributed by atoms with van der Waals surface area (Å²) in [5, 5.41) is 16.2. The van der Waals surface area contributed by atoms with E-state index >= 15 is 0 Å². The average molecular weight is 473 g/mol. The fraction of sp³-hybridized carbons (Fsp3) is 0.304. The van der Waals surface area contributed by atoms with Crippen LogP contribution in [0.2, 0.25) is 0 Å². The molecule has 172 valence electrons. The van der Waals surface area contributed by atoms with Crippen LogP contribution in [-0.2, 0) is 25.6 Å². The Bertz CT molecular complexity index is 1190. The van der Waals surface area contributed by atoms with Crippen LogP contribution in [0.15, 0.2) is 48.0 Å². The number of nitrogens with one attached hydrogen (secondary N) is 1. The molecule has 4 aromatic rings. The van der Waals surface area contributed by atoms with Gasteiger partial charge in [-0.15, -0.1) is 16.4 Å². The van der Waals surface area contributed by atoms with Crippen LogP contribution in [-0.4, -0.2) is 30.2 Å². The van der Waals surface area contributed by atoms with Gasteiger partial charge in [0, 0.05) is 29.8 Å². The van der Waals surface area contributed by atoms with Crippen molar-refractivity contribution in [2.75, 3.05) is 0 Å². The molecule has 0 radical (unpaired) electrons. The minimum absolute atomic E-state index is 0.0709. The fourth-order valence-electron chi connectivity index (χ4n) is 3.64. The monoisotopic (exact) mass is 472 g/mol. The average Bonchev–Trinajstić information content (AvgIpc) is 3.55. The molecule has 0 spiro atoms. The van der Waals surface area contributed by atoms with E-state index in [1.165, 1.54) is 12.1 Å². The van der Waals surface area contributed by atoms with E-state index in [9.17, 15) is 13.2 Å². The second-order valence-corrected chi connectivity index (χ2v) is 8.65. The third-order valence-corrected chi connectivity index (χ3v) is 6.17. The summed E-state index contributed by atoms with van der Waals surface area (Å²) in [5.41, 5.74) is 1.11. The van der Waals surface area contributed by atoms with Crippen LogP contribution in [0, 0.1) is 0 Å². The quantitative estimate of drug-likeness (QED) is 0.342. The van der Waals surface area contributed by atoms with Crippen LogP contribution in [0.3, 0.4) is 0 Å². The Kier molecular flexibility index (Phi) is 7.02. The van der Waals surface area contributed by atoms with Gasteiger partial charge in [-0.05, 0) is 46.0 Å². The van der Waals surface area contributed by atoms with Gasteiger partial charge in [0.25, 0.3) is 0 Å². The number of unbranched alkanes of at least 4 members (excludes halogenated alkanes) is 1. The van der Waals surface area contributed by atoms with Crippen LogP contribution in [0.25, 0.3) is 11.6 Å². The Balaban J connectivity index is 1.77. The molecule has 1 N–H and O–H groups in total. The van der Waals surface area contributed by atoms with E-state index < -0.39 is 11.7 Å². The molecule has 3 aromatic heterocycles. The molecule has 33 heavy (non-hydrogen) atoms. The summed E-state index contributed by atoms with van der Waals surface area (Å²) in [6, 6.07) is 9.67. The van der Waals surface area contributed by atoms with E-state index in [1.807, 2.05) is 28.2 Å². The maximum Gasteiger partial charge on any atom is 0.416 e. The minimum Gasteiger partial charge on any atom is -0.324 e. The highest BCUT2D eigenvalue weighted by Crippen LogP contribution is 2.33. The second kappa shape index (κ2) is 10.1. The number of aromatic amines is 1. The largest absolute Gasteiger partial charge is 0.416 e. The third-order valence-electron chi connectivity index (χ3n) is 5.29. The van der Waals surface area contributed by atoms with E-state index in [1.54, 1.807) is 23.6 Å². The normalized spacial score (nSPS) is 12.4. The van der Waals surface area contributed by atoms with Gasteiger partial charge in [0.1, 0.15) is 5.82 Å². The van der Waals surface area contributed by atoms with Crippen molar-refractivity contribution in [2.24, 2.45) is 0 Å². The van der Waals surface area contributed by atoms with Crippen LogP contribution in [0.4, 0.5) is 13.2 Å². The summed E-state index contributed by atoms with van der Waals surface area (Å²) >= 11 is 1.62. The molecule has 0 aliphatic heterocycles. The summed E-state index contributed by atoms with van der Waals surface area (Å²) < 4.78 is 42.7. The summed E-state index contributed by atoms with van der Waals surface area (Å²) in [6.45, 7) is 2.14. The summed E-state index contributed by atoms with van der Waals surface area (Å²) in [5.74, 6) is 1.27. The van der Waals surface area contributed by atoms with Gasteiger partial charge in [-0.2, -0.15) is 13.2 Å². The lowest BCUT2D eigenvalue weighted by atomic mass is 10.1. The zero-order valence-corrected chi connectivity index (χ0v) is 18.8. The molecule has 0 amide bonds. The zero-order chi connectivity index (χ0) is 23.3. The third kappa shape index (κ3) is 5.57. The maximum atomic E-state index is 13.6. The predicted octanol–water partition coefficient (Wildman–Crippen LogP) is 5.65. The molecule has 1 aromatic carbocycles. The van der Waals surface area contributed by atoms with Crippen molar-refractivity contribution in [3.63, 3.8) is 0 Å². The van der Waals surface area contributed by atoms with E-state index in [-0.39, 0.29) is 12.1 Å². The fourth-order valence-corrected chi connectivity index (χ4v) is 4.37. The van der Waals surface area contributed by atoms with Gasteiger partial charge >= 0.3 is 6.18 Å². The molecular weight excluding hydrogens is 449 g/mol. The Hall–Kier alpha value is -3.27. The number of allylic oxidation sites excluding steroid dienone is 1. The summed E-state index contributed by atoms with van der Waals surface area (Å²) in [7, 11) is 0. The molecule has 0 aliphatic rings. The lowest BCUT2D eigenvalue weighted by molar-refractivity contribution is -0.138. The topological polar surface area (TPSA) is 72.3 Å². The first-order valence-electron chi connectivity index (χ1n) is 10.6. The number of aromatic nitrogens is 6. The minimum atomic E-state index is -4.42. The summed E-state index contributed by atoms with van der Waals surface area (Å²) in [6.07, 6.45) is 2.32. The van der Waals surface area contributed by atoms with E-state index in [2.05, 4.69) is 32.5 Å². The highest BCUT2D eigenvalue weighted by molar-refractivity contribution is 7.10. The Morgan fingerprint density at radius 1 is 1.18 bits per heavy atom. The molecule has 0 fully saturated rings. The van der Waals surface area contributed by atoms with Gasteiger partial charge in [-0.1, -0.05) is 37.6 Å². The van der Waals surface area contributed by atoms with Crippen molar-refractivity contribution in [1.29, 1.82) is 0 Å². The number of nitrogens with zero attached hydrogens (tertiary/aromatic N) is 5. The Morgan fingerprint density at radius 2 is 2.03 bits per heavy atom. The highest BCUT2D eigenvalue weighted by atomic mass is 32.1. The first-order chi connectivity index (χ1) is 16.0. The first-order valence-corrected chi connectivity index (χ1v) is 11.5. The number of aryl methyl sites for hydroxylation is 1. The number of thiophene rings is 1. The molecule has 3 heterocycles. The van der Waals surface area contributed by atoms with Crippen molar-refractivity contribution in [3.05, 3.63) is 81.3 Å². The molecule has 0 atom stereocenters. The number of alkyl halides is 3. The van der Waals surface area contributed by atoms with Crippen molar-refractivity contribution < 1.29 is 13.2 Å². The molecule has 6 nitrogen and oxygen atoms in total. The van der Waals surface area contributed by atoms with E-state index in [0.29, 0.717) is 24.4 Å². The number of tetrazole rings is 1. The number of benzene rings is 1. The number of halogens is 3. The molecular formula is C23H23F3N6S. The first kappa shape index (κ1) is 22.9. The van der Waals surface area contributed by atoms with E-state index in [0.717, 1.165) is 35.2 Å². The lowest BCUT2D eigenvalue weighted by Crippen LogP contribution is -2.14. The summed E-state index contributed by atoms with van der Waals surface area (Å²) in [4.78, 5) is 5.67. The smallest absolute Gasteiger partial charge is 0.324 e. The van der Waals surface area contributed by atoms with Crippen LogP contribution >= 0.6 is 11.3 Å².